The first-order chi connectivity index (χ1) is 14.5. The highest BCUT2D eigenvalue weighted by Crippen LogP contribution is 2.17. The summed E-state index contributed by atoms with van der Waals surface area (Å²) in [6.07, 6.45) is 4.03. The molecule has 2 aromatic carbocycles. The number of aromatic nitrogens is 4. The molecule has 0 unspecified atom stereocenters. The topological polar surface area (TPSA) is 81.3 Å². The summed E-state index contributed by atoms with van der Waals surface area (Å²) in [5, 5.41) is 11.2. The Balaban J connectivity index is 1.50. The lowest BCUT2D eigenvalue weighted by Gasteiger charge is -2.07. The van der Waals surface area contributed by atoms with Crippen LogP contribution in [0.2, 0.25) is 0 Å². The molecule has 1 amide bonds. The molecule has 0 aliphatic rings. The standard InChI is InChI=1S/C21H18FN5O2S/c1-2-14-5-3-7-16(11-14)23-18(28)13-30-21-25-24-19-20(29)26(9-10-27(19)21)17-8-4-6-15(22)12-17/h3-12H,2,13H2,1H3,(H,23,28). The van der Waals surface area contributed by atoms with Gasteiger partial charge in [0.2, 0.25) is 11.6 Å². The number of anilines is 1. The van der Waals surface area contributed by atoms with E-state index in [1.54, 1.807) is 12.3 Å². The molecule has 0 fully saturated rings. The summed E-state index contributed by atoms with van der Waals surface area (Å²) in [7, 11) is 0. The van der Waals surface area contributed by atoms with E-state index in [9.17, 15) is 14.0 Å². The molecule has 9 heteroatoms. The molecule has 0 bridgehead atoms. The van der Waals surface area contributed by atoms with E-state index in [0.717, 1.165) is 17.7 Å². The van der Waals surface area contributed by atoms with Gasteiger partial charge in [-0.15, -0.1) is 10.2 Å². The lowest BCUT2D eigenvalue weighted by molar-refractivity contribution is -0.113. The van der Waals surface area contributed by atoms with Gasteiger partial charge in [-0.3, -0.25) is 18.6 Å². The maximum atomic E-state index is 13.5. The third-order valence-corrected chi connectivity index (χ3v) is 5.42. The predicted molar refractivity (Wildman–Crippen MR) is 114 cm³/mol. The maximum Gasteiger partial charge on any atom is 0.300 e. The molecule has 0 atom stereocenters. The van der Waals surface area contributed by atoms with Gasteiger partial charge in [-0.2, -0.15) is 0 Å². The third-order valence-electron chi connectivity index (χ3n) is 4.48. The molecule has 2 heterocycles. The SMILES string of the molecule is CCc1cccc(NC(=O)CSc2nnc3c(=O)n(-c4cccc(F)c4)ccn23)c1. The van der Waals surface area contributed by atoms with Gasteiger partial charge in [0.15, 0.2) is 5.16 Å². The number of hydrogen-bond donors (Lipinski definition) is 1. The van der Waals surface area contributed by atoms with Gasteiger partial charge < -0.3 is 5.32 Å². The molecule has 7 nitrogen and oxygen atoms in total. The number of fused-ring (bicyclic) bond motifs is 1. The number of carbonyl (C=O) groups is 1. The number of nitrogens with zero attached hydrogens (tertiary/aromatic N) is 4. The van der Waals surface area contributed by atoms with Crippen molar-refractivity contribution in [3.05, 3.63) is 82.7 Å². The predicted octanol–water partition coefficient (Wildman–Crippen LogP) is 3.31. The molecular formula is C21H18FN5O2S. The fraction of sp³-hybridized carbons (Fsp3) is 0.143. The highest BCUT2D eigenvalue weighted by molar-refractivity contribution is 7.99. The van der Waals surface area contributed by atoms with Crippen molar-refractivity contribution >= 4 is 29.0 Å². The minimum Gasteiger partial charge on any atom is -0.325 e. The summed E-state index contributed by atoms with van der Waals surface area (Å²) in [6, 6.07) is 13.4. The van der Waals surface area contributed by atoms with Crippen LogP contribution in [0.15, 0.2) is 70.9 Å². The molecule has 4 rings (SSSR count). The first kappa shape index (κ1) is 19.8. The van der Waals surface area contributed by atoms with Gasteiger partial charge in [-0.1, -0.05) is 36.9 Å². The average Bonchev–Trinajstić information content (AvgIpc) is 3.16. The third kappa shape index (κ3) is 4.11. The van der Waals surface area contributed by atoms with Crippen LogP contribution in [-0.2, 0) is 11.2 Å². The Labute approximate surface area is 175 Å². The number of aryl methyl sites for hydroxylation is 1. The summed E-state index contributed by atoms with van der Waals surface area (Å²) in [4.78, 5) is 25.0. The molecule has 0 aliphatic carbocycles. The second kappa shape index (κ2) is 8.50. The van der Waals surface area contributed by atoms with Gasteiger partial charge >= 0.3 is 5.56 Å². The first-order valence-electron chi connectivity index (χ1n) is 9.29. The number of rotatable bonds is 6. The zero-order valence-electron chi connectivity index (χ0n) is 16.1. The summed E-state index contributed by atoms with van der Waals surface area (Å²) in [6.45, 7) is 2.05. The highest BCUT2D eigenvalue weighted by atomic mass is 32.2. The average molecular weight is 423 g/mol. The molecule has 0 radical (unpaired) electrons. The van der Waals surface area contributed by atoms with E-state index in [-0.39, 0.29) is 17.3 Å². The van der Waals surface area contributed by atoms with Crippen molar-refractivity contribution in [1.29, 1.82) is 0 Å². The van der Waals surface area contributed by atoms with E-state index in [4.69, 9.17) is 0 Å². The number of hydrogen-bond acceptors (Lipinski definition) is 5. The van der Waals surface area contributed by atoms with Gasteiger partial charge in [0, 0.05) is 18.1 Å². The Kier molecular flexibility index (Phi) is 5.62. The number of benzene rings is 2. The summed E-state index contributed by atoms with van der Waals surface area (Å²) in [5.74, 6) is -0.505. The van der Waals surface area contributed by atoms with Crippen LogP contribution in [0.4, 0.5) is 10.1 Å². The van der Waals surface area contributed by atoms with Crippen LogP contribution in [0.5, 0.6) is 0 Å². The summed E-state index contributed by atoms with van der Waals surface area (Å²) >= 11 is 1.18. The van der Waals surface area contributed by atoms with Crippen LogP contribution in [0.25, 0.3) is 11.3 Å². The van der Waals surface area contributed by atoms with Crippen LogP contribution in [-0.4, -0.2) is 30.8 Å². The molecule has 0 aliphatic heterocycles. The summed E-state index contributed by atoms with van der Waals surface area (Å²) < 4.78 is 16.3. The smallest absolute Gasteiger partial charge is 0.300 e. The van der Waals surface area contributed by atoms with E-state index in [0.29, 0.717) is 10.8 Å². The molecule has 0 spiro atoms. The van der Waals surface area contributed by atoms with Gasteiger partial charge in [-0.05, 0) is 42.3 Å². The fourth-order valence-electron chi connectivity index (χ4n) is 2.99. The Morgan fingerprint density at radius 3 is 2.77 bits per heavy atom. The van der Waals surface area contributed by atoms with E-state index < -0.39 is 11.4 Å². The number of thioether (sulfide) groups is 1. The van der Waals surface area contributed by atoms with Crippen molar-refractivity contribution in [2.45, 2.75) is 18.5 Å². The quantitative estimate of drug-likeness (QED) is 0.481. The molecule has 0 saturated heterocycles. The first-order valence-corrected chi connectivity index (χ1v) is 10.3. The van der Waals surface area contributed by atoms with E-state index in [1.807, 2.05) is 24.3 Å². The highest BCUT2D eigenvalue weighted by Gasteiger charge is 2.14. The number of carbonyl (C=O) groups excluding carboxylic acids is 1. The van der Waals surface area contributed by atoms with E-state index in [1.165, 1.54) is 45.1 Å². The maximum absolute atomic E-state index is 13.5. The molecule has 30 heavy (non-hydrogen) atoms. The molecule has 0 saturated carbocycles. The molecule has 4 aromatic rings. The van der Waals surface area contributed by atoms with Gasteiger partial charge in [0.05, 0.1) is 11.4 Å². The zero-order chi connectivity index (χ0) is 21.1. The largest absolute Gasteiger partial charge is 0.325 e. The molecule has 152 valence electrons. The lowest BCUT2D eigenvalue weighted by Crippen LogP contribution is -2.20. The second-order valence-electron chi connectivity index (χ2n) is 6.52. The number of amides is 1. The minimum atomic E-state index is -0.438. The Bertz CT molecular complexity index is 1280. The van der Waals surface area contributed by atoms with Gasteiger partial charge in [-0.25, -0.2) is 4.39 Å². The normalized spacial score (nSPS) is 11.0. The minimum absolute atomic E-state index is 0.0975. The number of nitrogens with one attached hydrogen (secondary N) is 1. The van der Waals surface area contributed by atoms with E-state index >= 15 is 0 Å². The van der Waals surface area contributed by atoms with Crippen LogP contribution >= 0.6 is 11.8 Å². The molecular weight excluding hydrogens is 405 g/mol. The van der Waals surface area contributed by atoms with E-state index in [2.05, 4.69) is 22.4 Å². The van der Waals surface area contributed by atoms with Crippen LogP contribution in [0, 0.1) is 5.82 Å². The molecule has 1 N–H and O–H groups in total. The van der Waals surface area contributed by atoms with Crippen LogP contribution in [0.3, 0.4) is 0 Å². The van der Waals surface area contributed by atoms with Crippen LogP contribution < -0.4 is 10.9 Å². The monoisotopic (exact) mass is 423 g/mol. The van der Waals surface area contributed by atoms with Crippen molar-refractivity contribution in [3.63, 3.8) is 0 Å². The summed E-state index contributed by atoms with van der Waals surface area (Å²) in [5.41, 5.74) is 1.94. The van der Waals surface area contributed by atoms with Crippen molar-refractivity contribution < 1.29 is 9.18 Å². The van der Waals surface area contributed by atoms with Crippen molar-refractivity contribution in [3.8, 4) is 5.69 Å². The van der Waals surface area contributed by atoms with Crippen LogP contribution in [0.1, 0.15) is 12.5 Å². The Morgan fingerprint density at radius 2 is 1.97 bits per heavy atom. The Morgan fingerprint density at radius 1 is 1.13 bits per heavy atom. The Hall–Kier alpha value is -3.46. The van der Waals surface area contributed by atoms with Gasteiger partial charge in [0.25, 0.3) is 0 Å². The molecule has 2 aromatic heterocycles. The lowest BCUT2D eigenvalue weighted by atomic mass is 10.1. The second-order valence-corrected chi connectivity index (χ2v) is 7.46. The zero-order valence-corrected chi connectivity index (χ0v) is 16.9. The van der Waals surface area contributed by atoms with Crippen molar-refractivity contribution in [1.82, 2.24) is 19.2 Å². The number of halogens is 1. The van der Waals surface area contributed by atoms with Gasteiger partial charge in [0.1, 0.15) is 5.82 Å². The van der Waals surface area contributed by atoms with Crippen molar-refractivity contribution in [2.75, 3.05) is 11.1 Å². The van der Waals surface area contributed by atoms with Crippen molar-refractivity contribution in [2.24, 2.45) is 0 Å². The fourth-order valence-corrected chi connectivity index (χ4v) is 3.71.